The highest BCUT2D eigenvalue weighted by Gasteiger charge is 2.29. The van der Waals surface area contributed by atoms with E-state index in [1.54, 1.807) is 0 Å². The van der Waals surface area contributed by atoms with Crippen LogP contribution in [0.1, 0.15) is 54.5 Å². The van der Waals surface area contributed by atoms with Crippen molar-refractivity contribution in [1.82, 2.24) is 20.4 Å². The Labute approximate surface area is 149 Å². The van der Waals surface area contributed by atoms with Gasteiger partial charge in [-0.3, -0.25) is 9.48 Å². The summed E-state index contributed by atoms with van der Waals surface area (Å²) in [5, 5.41) is 11.2. The quantitative estimate of drug-likeness (QED) is 0.849. The third-order valence-electron chi connectivity index (χ3n) is 4.64. The van der Waals surface area contributed by atoms with E-state index in [2.05, 4.69) is 36.6 Å². The van der Waals surface area contributed by atoms with Crippen LogP contribution in [0.4, 0.5) is 0 Å². The lowest BCUT2D eigenvalue weighted by Crippen LogP contribution is -2.39. The van der Waals surface area contributed by atoms with Gasteiger partial charge >= 0.3 is 0 Å². The summed E-state index contributed by atoms with van der Waals surface area (Å²) in [4.78, 5) is 12.5. The van der Waals surface area contributed by atoms with Gasteiger partial charge in [0.2, 0.25) is 0 Å². The second kappa shape index (κ2) is 7.83. The molecule has 1 heterocycles. The van der Waals surface area contributed by atoms with E-state index in [1.165, 1.54) is 11.3 Å². The lowest BCUT2D eigenvalue weighted by Gasteiger charge is -2.26. The summed E-state index contributed by atoms with van der Waals surface area (Å²) in [5.74, 6) is -0.0595. The molecule has 2 N–H and O–H groups in total. The number of carbonyl (C=O) groups is 1. The number of benzene rings is 1. The molecule has 1 aliphatic rings. The van der Waals surface area contributed by atoms with Gasteiger partial charge in [-0.1, -0.05) is 44.2 Å². The third kappa shape index (κ3) is 4.10. The zero-order chi connectivity index (χ0) is 17.8. The van der Waals surface area contributed by atoms with Crippen molar-refractivity contribution in [2.24, 2.45) is 0 Å². The van der Waals surface area contributed by atoms with Crippen LogP contribution in [0.2, 0.25) is 0 Å². The van der Waals surface area contributed by atoms with Crippen molar-refractivity contribution in [3.05, 3.63) is 52.8 Å². The molecule has 0 bridgehead atoms. The first-order chi connectivity index (χ1) is 12.1. The Kier molecular flexibility index (Phi) is 5.53. The first-order valence-corrected chi connectivity index (χ1v) is 9.25. The monoisotopic (exact) mass is 340 g/mol. The first-order valence-electron chi connectivity index (χ1n) is 9.25. The number of fused-ring (bicyclic) bond motifs is 1. The maximum absolute atomic E-state index is 12.5. The van der Waals surface area contributed by atoms with Gasteiger partial charge in [-0.25, -0.2) is 0 Å². The molecule has 5 heteroatoms. The van der Waals surface area contributed by atoms with Crippen molar-refractivity contribution in [1.29, 1.82) is 0 Å². The summed E-state index contributed by atoms with van der Waals surface area (Å²) in [6, 6.07) is 11.2. The number of hydrogen-bond acceptors (Lipinski definition) is 3. The van der Waals surface area contributed by atoms with Gasteiger partial charge < -0.3 is 10.6 Å². The highest BCUT2D eigenvalue weighted by atomic mass is 16.1. The van der Waals surface area contributed by atoms with E-state index in [0.717, 1.165) is 24.8 Å². The minimum atomic E-state index is -0.0595. The van der Waals surface area contributed by atoms with Gasteiger partial charge in [0.25, 0.3) is 5.91 Å². The fraction of sp³-hybridized carbons (Fsp3) is 0.500. The van der Waals surface area contributed by atoms with Crippen LogP contribution >= 0.6 is 0 Å². The third-order valence-corrected chi connectivity index (χ3v) is 4.64. The van der Waals surface area contributed by atoms with Crippen LogP contribution in [0.3, 0.4) is 0 Å². The molecule has 2 aromatic rings. The minimum Gasteiger partial charge on any atom is -0.351 e. The van der Waals surface area contributed by atoms with Gasteiger partial charge in [0.1, 0.15) is 0 Å². The van der Waals surface area contributed by atoms with Crippen molar-refractivity contribution in [2.75, 3.05) is 6.54 Å². The highest BCUT2D eigenvalue weighted by Crippen LogP contribution is 2.26. The predicted molar refractivity (Wildman–Crippen MR) is 99.9 cm³/mol. The normalized spacial score (nSPS) is 16.7. The molecular formula is C20H28N4O. The summed E-state index contributed by atoms with van der Waals surface area (Å²) < 4.78 is 2.03. The number of nitrogens with one attached hydrogen (secondary N) is 2. The molecule has 25 heavy (non-hydrogen) atoms. The van der Waals surface area contributed by atoms with E-state index in [9.17, 15) is 4.79 Å². The number of amides is 1. The molecule has 1 atom stereocenters. The SMILES string of the molecule is CCNC(=O)c1nn(Cc2ccccc2)c2c1CC(NC(C)C)CC2. The zero-order valence-corrected chi connectivity index (χ0v) is 15.4. The van der Waals surface area contributed by atoms with Crippen LogP contribution in [0.5, 0.6) is 0 Å². The van der Waals surface area contributed by atoms with Gasteiger partial charge in [-0.15, -0.1) is 0 Å². The van der Waals surface area contributed by atoms with E-state index in [-0.39, 0.29) is 5.91 Å². The molecule has 134 valence electrons. The molecule has 0 saturated carbocycles. The molecule has 1 aromatic carbocycles. The number of carbonyl (C=O) groups excluding carboxylic acids is 1. The number of nitrogens with zero attached hydrogens (tertiary/aromatic N) is 2. The Morgan fingerprint density at radius 1 is 1.32 bits per heavy atom. The Hall–Kier alpha value is -2.14. The number of hydrogen-bond donors (Lipinski definition) is 2. The number of rotatable bonds is 6. The van der Waals surface area contributed by atoms with Gasteiger partial charge in [0.15, 0.2) is 5.69 Å². The van der Waals surface area contributed by atoms with E-state index < -0.39 is 0 Å². The van der Waals surface area contributed by atoms with Gasteiger partial charge in [-0.2, -0.15) is 5.10 Å². The van der Waals surface area contributed by atoms with Crippen LogP contribution in [0.25, 0.3) is 0 Å². The largest absolute Gasteiger partial charge is 0.351 e. The van der Waals surface area contributed by atoms with Crippen molar-refractivity contribution in [3.63, 3.8) is 0 Å². The predicted octanol–water partition coefficient (Wildman–Crippen LogP) is 2.54. The van der Waals surface area contributed by atoms with Crippen molar-refractivity contribution in [2.45, 2.75) is 58.7 Å². The molecule has 3 rings (SSSR count). The van der Waals surface area contributed by atoms with E-state index >= 15 is 0 Å². The van der Waals surface area contributed by atoms with E-state index in [1.807, 2.05) is 29.8 Å². The molecule has 1 unspecified atom stereocenters. The molecule has 1 aromatic heterocycles. The number of aromatic nitrogens is 2. The lowest BCUT2D eigenvalue weighted by atomic mass is 9.90. The van der Waals surface area contributed by atoms with E-state index in [0.29, 0.717) is 30.9 Å². The van der Waals surface area contributed by atoms with Crippen molar-refractivity contribution in [3.8, 4) is 0 Å². The molecule has 1 aliphatic carbocycles. The summed E-state index contributed by atoms with van der Waals surface area (Å²) in [6.45, 7) is 7.60. The summed E-state index contributed by atoms with van der Waals surface area (Å²) in [6.07, 6.45) is 2.91. The smallest absolute Gasteiger partial charge is 0.272 e. The Morgan fingerprint density at radius 2 is 2.08 bits per heavy atom. The second-order valence-electron chi connectivity index (χ2n) is 7.04. The molecule has 1 amide bonds. The Balaban J connectivity index is 1.91. The summed E-state index contributed by atoms with van der Waals surface area (Å²) in [5.41, 5.74) is 4.14. The topological polar surface area (TPSA) is 59.0 Å². The van der Waals surface area contributed by atoms with Crippen LogP contribution < -0.4 is 10.6 Å². The van der Waals surface area contributed by atoms with Crippen LogP contribution in [0.15, 0.2) is 30.3 Å². The maximum Gasteiger partial charge on any atom is 0.272 e. The van der Waals surface area contributed by atoms with Crippen LogP contribution in [0, 0.1) is 0 Å². The highest BCUT2D eigenvalue weighted by molar-refractivity contribution is 5.94. The molecular weight excluding hydrogens is 312 g/mol. The van der Waals surface area contributed by atoms with Crippen LogP contribution in [-0.2, 0) is 19.4 Å². The molecule has 0 aliphatic heterocycles. The summed E-state index contributed by atoms with van der Waals surface area (Å²) >= 11 is 0. The molecule has 0 fully saturated rings. The fourth-order valence-electron chi connectivity index (χ4n) is 3.62. The standard InChI is InChI=1S/C20H28N4O/c1-4-21-20(25)19-17-12-16(22-14(2)3)10-11-18(17)24(23-19)13-15-8-6-5-7-9-15/h5-9,14,16,22H,4,10-13H2,1-3H3,(H,21,25). The Bertz CT molecular complexity index is 721. The lowest BCUT2D eigenvalue weighted by molar-refractivity contribution is 0.0949. The summed E-state index contributed by atoms with van der Waals surface area (Å²) in [7, 11) is 0. The van der Waals surface area contributed by atoms with Gasteiger partial charge in [-0.05, 0) is 31.7 Å². The molecule has 0 radical (unpaired) electrons. The van der Waals surface area contributed by atoms with E-state index in [4.69, 9.17) is 5.10 Å². The van der Waals surface area contributed by atoms with Crippen molar-refractivity contribution < 1.29 is 4.79 Å². The second-order valence-corrected chi connectivity index (χ2v) is 7.04. The van der Waals surface area contributed by atoms with Gasteiger partial charge in [0.05, 0.1) is 6.54 Å². The minimum absolute atomic E-state index is 0.0595. The van der Waals surface area contributed by atoms with Crippen molar-refractivity contribution >= 4 is 5.91 Å². The first kappa shape index (κ1) is 17.7. The van der Waals surface area contributed by atoms with Gasteiger partial charge in [0, 0.05) is 29.9 Å². The zero-order valence-electron chi connectivity index (χ0n) is 15.4. The molecule has 5 nitrogen and oxygen atoms in total. The molecule has 0 spiro atoms. The van der Waals surface area contributed by atoms with Crippen LogP contribution in [-0.4, -0.2) is 34.3 Å². The fourth-order valence-corrected chi connectivity index (χ4v) is 3.62. The maximum atomic E-state index is 12.5. The average Bonchev–Trinajstić information content (AvgIpc) is 2.93. The average molecular weight is 340 g/mol. The molecule has 0 saturated heterocycles. The Morgan fingerprint density at radius 3 is 2.76 bits per heavy atom.